The number of carbonyl (C=O) groups is 1. The molecule has 0 fully saturated rings. The molecule has 0 bridgehead atoms. The average Bonchev–Trinajstić information content (AvgIpc) is 2.78. The molecule has 0 unspecified atom stereocenters. The van der Waals surface area contributed by atoms with Crippen LogP contribution in [0, 0.1) is 0 Å². The quantitative estimate of drug-likeness (QED) is 0.899. The van der Waals surface area contributed by atoms with E-state index < -0.39 is 0 Å². The first-order valence-corrected chi connectivity index (χ1v) is 6.80. The van der Waals surface area contributed by atoms with Crippen LogP contribution in [-0.2, 0) is 24.2 Å². The van der Waals surface area contributed by atoms with Crippen LogP contribution in [0.15, 0.2) is 36.4 Å². The highest BCUT2D eigenvalue weighted by Crippen LogP contribution is 2.31. The Morgan fingerprint density at radius 2 is 2.00 bits per heavy atom. The van der Waals surface area contributed by atoms with Crippen molar-refractivity contribution in [3.63, 3.8) is 0 Å². The number of nitrogens with two attached hydrogens (primary N) is 1. The summed E-state index contributed by atoms with van der Waals surface area (Å²) in [4.78, 5) is 11.3. The van der Waals surface area contributed by atoms with E-state index in [0.717, 1.165) is 24.2 Å². The largest absolute Gasteiger partial charge is 0.369 e. The van der Waals surface area contributed by atoms with E-state index >= 15 is 0 Å². The number of carbonyl (C=O) groups excluding carboxylic acids is 1. The van der Waals surface area contributed by atoms with Gasteiger partial charge in [0.05, 0.1) is 6.42 Å². The van der Waals surface area contributed by atoms with Gasteiger partial charge in [-0.25, -0.2) is 0 Å². The van der Waals surface area contributed by atoms with Crippen LogP contribution in [0.1, 0.15) is 24.2 Å². The van der Waals surface area contributed by atoms with Crippen molar-refractivity contribution in [3.05, 3.63) is 47.8 Å². The van der Waals surface area contributed by atoms with E-state index in [9.17, 15) is 4.79 Å². The van der Waals surface area contributed by atoms with Gasteiger partial charge < -0.3 is 10.3 Å². The van der Waals surface area contributed by atoms with Crippen LogP contribution in [-0.4, -0.2) is 10.5 Å². The maximum atomic E-state index is 11.3. The zero-order chi connectivity index (χ0) is 13.2. The Morgan fingerprint density at radius 3 is 2.74 bits per heavy atom. The van der Waals surface area contributed by atoms with Crippen LogP contribution in [0.4, 0.5) is 0 Å². The Hall–Kier alpha value is -2.03. The molecule has 3 heteroatoms. The van der Waals surface area contributed by atoms with Crippen molar-refractivity contribution in [1.29, 1.82) is 0 Å². The fourth-order valence-electron chi connectivity index (χ4n) is 2.93. The fourth-order valence-corrected chi connectivity index (χ4v) is 2.93. The lowest BCUT2D eigenvalue weighted by atomic mass is 10.0. The van der Waals surface area contributed by atoms with Crippen LogP contribution in [0.5, 0.6) is 0 Å². The first-order valence-electron chi connectivity index (χ1n) is 6.80. The number of nitrogens with zero attached hydrogens (tertiary/aromatic N) is 1. The van der Waals surface area contributed by atoms with Gasteiger partial charge in [0.15, 0.2) is 0 Å². The molecule has 1 aliphatic heterocycles. The predicted molar refractivity (Wildman–Crippen MR) is 75.7 cm³/mol. The van der Waals surface area contributed by atoms with E-state index in [-0.39, 0.29) is 5.91 Å². The molecule has 0 atom stereocenters. The minimum atomic E-state index is -0.261. The van der Waals surface area contributed by atoms with Crippen LogP contribution in [0.25, 0.3) is 11.1 Å². The summed E-state index contributed by atoms with van der Waals surface area (Å²) in [6, 6.07) is 12.5. The van der Waals surface area contributed by atoms with Crippen LogP contribution in [0.3, 0.4) is 0 Å². The molecule has 2 N–H and O–H groups in total. The molecule has 0 aliphatic carbocycles. The zero-order valence-corrected chi connectivity index (χ0v) is 10.9. The smallest absolute Gasteiger partial charge is 0.223 e. The SMILES string of the molecule is NC(=O)Cc1c(-c2ccccc2)cc2n1CCCC2. The van der Waals surface area contributed by atoms with Gasteiger partial charge in [-0.15, -0.1) is 0 Å². The van der Waals surface area contributed by atoms with Crippen molar-refractivity contribution in [2.75, 3.05) is 0 Å². The molecule has 0 radical (unpaired) electrons. The van der Waals surface area contributed by atoms with Crippen molar-refractivity contribution >= 4 is 5.91 Å². The lowest BCUT2D eigenvalue weighted by Gasteiger charge is -2.17. The number of aromatic nitrogens is 1. The molecule has 98 valence electrons. The van der Waals surface area contributed by atoms with Gasteiger partial charge in [-0.3, -0.25) is 4.79 Å². The monoisotopic (exact) mass is 254 g/mol. The van der Waals surface area contributed by atoms with Crippen molar-refractivity contribution in [2.24, 2.45) is 5.73 Å². The molecule has 0 saturated heterocycles. The topological polar surface area (TPSA) is 48.0 Å². The minimum Gasteiger partial charge on any atom is -0.369 e. The zero-order valence-electron chi connectivity index (χ0n) is 10.9. The highest BCUT2D eigenvalue weighted by molar-refractivity contribution is 5.80. The summed E-state index contributed by atoms with van der Waals surface area (Å²) in [5.41, 5.74) is 10.2. The van der Waals surface area contributed by atoms with Gasteiger partial charge >= 0.3 is 0 Å². The molecule has 1 aromatic carbocycles. The maximum absolute atomic E-state index is 11.3. The highest BCUT2D eigenvalue weighted by atomic mass is 16.1. The Balaban J connectivity index is 2.12. The Morgan fingerprint density at radius 1 is 1.21 bits per heavy atom. The van der Waals surface area contributed by atoms with Gasteiger partial charge in [-0.2, -0.15) is 0 Å². The number of rotatable bonds is 3. The van der Waals surface area contributed by atoms with Gasteiger partial charge in [0, 0.05) is 23.5 Å². The molecule has 0 saturated carbocycles. The minimum absolute atomic E-state index is 0.261. The standard InChI is InChI=1S/C16H18N2O/c17-16(19)11-15-14(12-6-2-1-3-7-12)10-13-8-4-5-9-18(13)15/h1-3,6-7,10H,4-5,8-9,11H2,(H2,17,19). The fraction of sp³-hybridized carbons (Fsp3) is 0.312. The Kier molecular flexibility index (Phi) is 3.11. The summed E-state index contributed by atoms with van der Waals surface area (Å²) in [7, 11) is 0. The molecule has 3 nitrogen and oxygen atoms in total. The molecule has 0 spiro atoms. The first-order chi connectivity index (χ1) is 9.25. The average molecular weight is 254 g/mol. The summed E-state index contributed by atoms with van der Waals surface area (Å²) >= 11 is 0. The molecule has 3 rings (SSSR count). The lowest BCUT2D eigenvalue weighted by molar-refractivity contribution is -0.117. The van der Waals surface area contributed by atoms with Crippen molar-refractivity contribution in [2.45, 2.75) is 32.2 Å². The molecule has 2 aromatic rings. The third kappa shape index (κ3) is 2.28. The number of amides is 1. The van der Waals surface area contributed by atoms with Crippen molar-refractivity contribution in [3.8, 4) is 11.1 Å². The second kappa shape index (κ2) is 4.92. The highest BCUT2D eigenvalue weighted by Gasteiger charge is 2.19. The van der Waals surface area contributed by atoms with Gasteiger partial charge in [0.25, 0.3) is 0 Å². The van der Waals surface area contributed by atoms with Crippen LogP contribution < -0.4 is 5.73 Å². The second-order valence-electron chi connectivity index (χ2n) is 5.11. The van der Waals surface area contributed by atoms with E-state index in [2.05, 4.69) is 22.8 Å². The summed E-state index contributed by atoms with van der Waals surface area (Å²) in [6.45, 7) is 1.00. The van der Waals surface area contributed by atoms with E-state index in [0.29, 0.717) is 6.42 Å². The molecule has 1 amide bonds. The van der Waals surface area contributed by atoms with Gasteiger partial charge in [0.1, 0.15) is 0 Å². The lowest BCUT2D eigenvalue weighted by Crippen LogP contribution is -2.19. The molecular weight excluding hydrogens is 236 g/mol. The number of primary amides is 1. The van der Waals surface area contributed by atoms with Crippen LogP contribution in [0.2, 0.25) is 0 Å². The van der Waals surface area contributed by atoms with Gasteiger partial charge in [-0.1, -0.05) is 30.3 Å². The Bertz CT molecular complexity index is 599. The number of fused-ring (bicyclic) bond motifs is 1. The predicted octanol–water partition coefficient (Wildman–Crippen LogP) is 2.52. The summed E-state index contributed by atoms with van der Waals surface area (Å²) in [6.07, 6.45) is 3.83. The molecular formula is C16H18N2O. The number of aryl methyl sites for hydroxylation is 1. The second-order valence-corrected chi connectivity index (χ2v) is 5.11. The third-order valence-electron chi connectivity index (χ3n) is 3.79. The maximum Gasteiger partial charge on any atom is 0.223 e. The normalized spacial score (nSPS) is 14.1. The van der Waals surface area contributed by atoms with E-state index in [1.807, 2.05) is 18.2 Å². The van der Waals surface area contributed by atoms with Crippen molar-refractivity contribution < 1.29 is 4.79 Å². The first kappa shape index (κ1) is 12.0. The van der Waals surface area contributed by atoms with Crippen molar-refractivity contribution in [1.82, 2.24) is 4.57 Å². The van der Waals surface area contributed by atoms with Gasteiger partial charge in [-0.05, 0) is 30.9 Å². The number of benzene rings is 1. The van der Waals surface area contributed by atoms with Gasteiger partial charge in [0.2, 0.25) is 5.91 Å². The summed E-state index contributed by atoms with van der Waals surface area (Å²) in [5.74, 6) is -0.261. The summed E-state index contributed by atoms with van der Waals surface area (Å²) in [5, 5.41) is 0. The molecule has 1 aromatic heterocycles. The number of hydrogen-bond donors (Lipinski definition) is 1. The summed E-state index contributed by atoms with van der Waals surface area (Å²) < 4.78 is 2.29. The van der Waals surface area contributed by atoms with E-state index in [4.69, 9.17) is 5.73 Å². The van der Waals surface area contributed by atoms with E-state index in [1.54, 1.807) is 0 Å². The molecule has 2 heterocycles. The Labute approximate surface area is 113 Å². The van der Waals surface area contributed by atoms with E-state index in [1.165, 1.54) is 24.1 Å². The van der Waals surface area contributed by atoms with Crippen LogP contribution >= 0.6 is 0 Å². The number of hydrogen-bond acceptors (Lipinski definition) is 1. The third-order valence-corrected chi connectivity index (χ3v) is 3.79. The molecule has 1 aliphatic rings. The molecule has 19 heavy (non-hydrogen) atoms.